The van der Waals surface area contributed by atoms with Crippen molar-refractivity contribution in [2.24, 2.45) is 0 Å². The van der Waals surface area contributed by atoms with Gasteiger partial charge in [-0.1, -0.05) is 12.1 Å². The summed E-state index contributed by atoms with van der Waals surface area (Å²) in [5, 5.41) is 10.0. The number of nitrogens with zero attached hydrogens (tertiary/aromatic N) is 4. The molecule has 0 bridgehead atoms. The van der Waals surface area contributed by atoms with Crippen LogP contribution in [0, 0.1) is 0 Å². The van der Waals surface area contributed by atoms with Gasteiger partial charge in [-0.25, -0.2) is 4.98 Å². The highest BCUT2D eigenvalue weighted by Crippen LogP contribution is 2.26. The lowest BCUT2D eigenvalue weighted by atomic mass is 10.2. The fourth-order valence-corrected chi connectivity index (χ4v) is 3.13. The molecule has 3 aromatic rings. The van der Waals surface area contributed by atoms with Crippen LogP contribution in [0.1, 0.15) is 37.6 Å². The third-order valence-electron chi connectivity index (χ3n) is 4.52. The maximum absolute atomic E-state index is 12.4. The van der Waals surface area contributed by atoms with E-state index in [1.54, 1.807) is 12.1 Å². The van der Waals surface area contributed by atoms with E-state index in [9.17, 15) is 9.59 Å². The van der Waals surface area contributed by atoms with E-state index < -0.39 is 0 Å². The number of para-hydroxylation sites is 1. The normalized spacial score (nSPS) is 16.7. The van der Waals surface area contributed by atoms with E-state index in [-0.39, 0.29) is 29.9 Å². The van der Waals surface area contributed by atoms with Crippen LogP contribution in [-0.2, 0) is 16.1 Å². The first kappa shape index (κ1) is 17.3. The Morgan fingerprint density at radius 2 is 2.26 bits per heavy atom. The molecule has 1 amide bonds. The maximum atomic E-state index is 12.4. The lowest BCUT2D eigenvalue weighted by Crippen LogP contribution is -2.21. The zero-order valence-corrected chi connectivity index (χ0v) is 14.7. The van der Waals surface area contributed by atoms with Crippen molar-refractivity contribution in [3.05, 3.63) is 46.8 Å². The van der Waals surface area contributed by atoms with E-state index in [1.165, 1.54) is 10.9 Å². The summed E-state index contributed by atoms with van der Waals surface area (Å²) in [5.41, 5.74) is 0.569. The molecule has 1 aliphatic heterocycles. The number of ether oxygens (including phenoxy) is 1. The Morgan fingerprint density at radius 1 is 1.37 bits per heavy atom. The zero-order valence-electron chi connectivity index (χ0n) is 14.7. The van der Waals surface area contributed by atoms with Crippen LogP contribution < -0.4 is 10.9 Å². The molecular formula is C18H20N6O3. The van der Waals surface area contributed by atoms with Crippen LogP contribution in [-0.4, -0.2) is 37.2 Å². The molecule has 1 saturated heterocycles. The Labute approximate surface area is 154 Å². The average Bonchev–Trinajstić information content (AvgIpc) is 3.35. The molecule has 0 unspecified atom stereocenters. The minimum atomic E-state index is -0.199. The second-order valence-electron chi connectivity index (χ2n) is 6.46. The van der Waals surface area contributed by atoms with E-state index in [0.717, 1.165) is 19.4 Å². The van der Waals surface area contributed by atoms with Gasteiger partial charge in [0.1, 0.15) is 6.10 Å². The molecule has 1 aromatic carbocycles. The topological polar surface area (TPSA) is 115 Å². The molecule has 0 radical (unpaired) electrons. The summed E-state index contributed by atoms with van der Waals surface area (Å²) in [6, 6.07) is 7.21. The summed E-state index contributed by atoms with van der Waals surface area (Å²) in [6.07, 6.45) is 4.10. The highest BCUT2D eigenvalue weighted by Gasteiger charge is 2.21. The number of hydrogen-bond acceptors (Lipinski definition) is 6. The molecule has 4 rings (SSSR count). The number of anilines is 1. The standard InChI is InChI=1S/C18H20N6O3/c25-15(20-18-21-16(22-23-18)14-7-4-10-27-14)8-3-9-24-11-19-13-6-2-1-5-12(13)17(24)26/h1-2,5-6,11,14H,3-4,7-10H2,(H2,20,21,22,23,25)/t14-/m0/s1. The quantitative estimate of drug-likeness (QED) is 0.685. The number of amides is 1. The molecule has 9 heteroatoms. The van der Waals surface area contributed by atoms with Gasteiger partial charge >= 0.3 is 0 Å². The molecule has 9 nitrogen and oxygen atoms in total. The number of aromatic amines is 1. The van der Waals surface area contributed by atoms with E-state index in [4.69, 9.17) is 4.74 Å². The van der Waals surface area contributed by atoms with Gasteiger partial charge in [0, 0.05) is 19.6 Å². The molecular weight excluding hydrogens is 348 g/mol. The van der Waals surface area contributed by atoms with E-state index in [0.29, 0.717) is 29.7 Å². The number of carbonyl (C=O) groups is 1. The minimum Gasteiger partial charge on any atom is -0.370 e. The van der Waals surface area contributed by atoms with Crippen LogP contribution in [0.25, 0.3) is 10.9 Å². The van der Waals surface area contributed by atoms with Crippen molar-refractivity contribution in [1.82, 2.24) is 24.7 Å². The second-order valence-corrected chi connectivity index (χ2v) is 6.46. The monoisotopic (exact) mass is 368 g/mol. The number of nitrogens with one attached hydrogen (secondary N) is 2. The van der Waals surface area contributed by atoms with Gasteiger partial charge in [0.2, 0.25) is 11.9 Å². The lowest BCUT2D eigenvalue weighted by Gasteiger charge is -2.06. The second kappa shape index (κ2) is 7.67. The highest BCUT2D eigenvalue weighted by atomic mass is 16.5. The van der Waals surface area contributed by atoms with Crippen molar-refractivity contribution in [3.8, 4) is 0 Å². The van der Waals surface area contributed by atoms with Gasteiger partial charge in [-0.15, -0.1) is 5.10 Å². The minimum absolute atomic E-state index is 0.0737. The van der Waals surface area contributed by atoms with Crippen molar-refractivity contribution >= 4 is 22.8 Å². The van der Waals surface area contributed by atoms with Crippen LogP contribution in [0.5, 0.6) is 0 Å². The number of carbonyl (C=O) groups excluding carboxylic acids is 1. The third-order valence-corrected chi connectivity index (χ3v) is 4.52. The molecule has 3 heterocycles. The fraction of sp³-hybridized carbons (Fsp3) is 0.389. The predicted molar refractivity (Wildman–Crippen MR) is 98.2 cm³/mol. The number of hydrogen-bond donors (Lipinski definition) is 2. The Kier molecular flexibility index (Phi) is 4.93. The largest absolute Gasteiger partial charge is 0.370 e. The van der Waals surface area contributed by atoms with Crippen LogP contribution in [0.3, 0.4) is 0 Å². The first-order valence-electron chi connectivity index (χ1n) is 8.98. The van der Waals surface area contributed by atoms with Gasteiger partial charge in [-0.3, -0.25) is 24.6 Å². The van der Waals surface area contributed by atoms with Crippen LogP contribution in [0.15, 0.2) is 35.4 Å². The van der Waals surface area contributed by atoms with Gasteiger partial charge in [0.15, 0.2) is 5.82 Å². The molecule has 1 atom stereocenters. The van der Waals surface area contributed by atoms with Crippen molar-refractivity contribution in [3.63, 3.8) is 0 Å². The number of rotatable bonds is 6. The van der Waals surface area contributed by atoms with Crippen LogP contribution >= 0.6 is 0 Å². The lowest BCUT2D eigenvalue weighted by molar-refractivity contribution is -0.116. The number of aryl methyl sites for hydroxylation is 1. The van der Waals surface area contributed by atoms with Crippen LogP contribution in [0.4, 0.5) is 5.95 Å². The number of H-pyrrole nitrogens is 1. The molecule has 2 N–H and O–H groups in total. The third kappa shape index (κ3) is 3.87. The Bertz CT molecular complexity index is 1010. The Morgan fingerprint density at radius 3 is 3.11 bits per heavy atom. The van der Waals surface area contributed by atoms with Crippen molar-refractivity contribution in [2.75, 3.05) is 11.9 Å². The van der Waals surface area contributed by atoms with Gasteiger partial charge in [-0.2, -0.15) is 4.98 Å². The van der Waals surface area contributed by atoms with Crippen molar-refractivity contribution in [1.29, 1.82) is 0 Å². The molecule has 0 spiro atoms. The molecule has 140 valence electrons. The van der Waals surface area contributed by atoms with Gasteiger partial charge in [-0.05, 0) is 31.4 Å². The summed E-state index contributed by atoms with van der Waals surface area (Å²) in [4.78, 5) is 33.0. The van der Waals surface area contributed by atoms with Crippen LogP contribution in [0.2, 0.25) is 0 Å². The molecule has 1 fully saturated rings. The van der Waals surface area contributed by atoms with Gasteiger partial charge in [0.25, 0.3) is 5.56 Å². The van der Waals surface area contributed by atoms with Crippen molar-refractivity contribution in [2.45, 2.75) is 38.3 Å². The summed E-state index contributed by atoms with van der Waals surface area (Å²) >= 11 is 0. The Balaban J connectivity index is 1.31. The van der Waals surface area contributed by atoms with Gasteiger partial charge < -0.3 is 4.74 Å². The molecule has 0 saturated carbocycles. The summed E-state index contributed by atoms with van der Waals surface area (Å²) in [6.45, 7) is 1.13. The molecule has 27 heavy (non-hydrogen) atoms. The van der Waals surface area contributed by atoms with Gasteiger partial charge in [0.05, 0.1) is 17.2 Å². The van der Waals surface area contributed by atoms with E-state index in [1.807, 2.05) is 12.1 Å². The molecule has 0 aliphatic carbocycles. The zero-order chi connectivity index (χ0) is 18.6. The smallest absolute Gasteiger partial charge is 0.261 e. The highest BCUT2D eigenvalue weighted by molar-refractivity contribution is 5.88. The number of fused-ring (bicyclic) bond motifs is 1. The number of benzene rings is 1. The summed E-state index contributed by atoms with van der Waals surface area (Å²) in [7, 11) is 0. The predicted octanol–water partition coefficient (Wildman–Crippen LogP) is 1.78. The Hall–Kier alpha value is -3.07. The van der Waals surface area contributed by atoms with E-state index >= 15 is 0 Å². The first-order valence-corrected chi connectivity index (χ1v) is 8.98. The molecule has 2 aromatic heterocycles. The van der Waals surface area contributed by atoms with E-state index in [2.05, 4.69) is 25.5 Å². The SMILES string of the molecule is O=C(CCCn1cnc2ccccc2c1=O)Nc1n[nH]c([C@@H]2CCCO2)n1. The summed E-state index contributed by atoms with van der Waals surface area (Å²) < 4.78 is 7.05. The fourth-order valence-electron chi connectivity index (χ4n) is 3.13. The summed E-state index contributed by atoms with van der Waals surface area (Å²) in [5.74, 6) is 0.682. The first-order chi connectivity index (χ1) is 13.2. The number of aromatic nitrogens is 5. The average molecular weight is 368 g/mol. The van der Waals surface area contributed by atoms with Crippen molar-refractivity contribution < 1.29 is 9.53 Å². The molecule has 1 aliphatic rings. The maximum Gasteiger partial charge on any atom is 0.261 e.